The number of hydrogen-bond acceptors (Lipinski definition) is 4. The van der Waals surface area contributed by atoms with Gasteiger partial charge in [-0.25, -0.2) is 0 Å². The van der Waals surface area contributed by atoms with Crippen LogP contribution in [0.25, 0.3) is 0 Å². The van der Waals surface area contributed by atoms with Crippen LogP contribution in [0.5, 0.6) is 0 Å². The van der Waals surface area contributed by atoms with Gasteiger partial charge in [-0.2, -0.15) is 16.8 Å². The summed E-state index contributed by atoms with van der Waals surface area (Å²) in [5.41, 5.74) is 0.217. The van der Waals surface area contributed by atoms with Crippen LogP contribution in [-0.2, 0) is 26.7 Å². The summed E-state index contributed by atoms with van der Waals surface area (Å²) in [5, 5.41) is 0. The summed E-state index contributed by atoms with van der Waals surface area (Å²) in [6.45, 7) is 2.26. The zero-order valence-corrected chi connectivity index (χ0v) is 22.6. The summed E-state index contributed by atoms with van der Waals surface area (Å²) >= 11 is 0. The van der Waals surface area contributed by atoms with Crippen LogP contribution < -0.4 is 0 Å². The molecule has 0 aliphatic carbocycles. The van der Waals surface area contributed by atoms with Crippen LogP contribution in [0.3, 0.4) is 0 Å². The largest absolute Gasteiger partial charge is 0.296 e. The standard InChI is InChI=1S/C26H46O6S2/c1-2-3-4-5-6-7-8-9-10-11-12-13-14-15-16-17-18-19-21-24-22-20-23-25(33(27,28)29)26(24)34(30,31)32/h20,22-23H,2-19,21H2,1H3,(H,27,28,29)(H,30,31,32). The van der Waals surface area contributed by atoms with Crippen LogP contribution in [0.15, 0.2) is 28.0 Å². The van der Waals surface area contributed by atoms with Crippen molar-refractivity contribution in [1.29, 1.82) is 0 Å². The van der Waals surface area contributed by atoms with Crippen molar-refractivity contribution in [2.75, 3.05) is 0 Å². The van der Waals surface area contributed by atoms with E-state index in [1.54, 1.807) is 0 Å². The van der Waals surface area contributed by atoms with Crippen molar-refractivity contribution in [1.82, 2.24) is 0 Å². The molecule has 0 spiro atoms. The molecule has 0 bridgehead atoms. The first-order valence-electron chi connectivity index (χ1n) is 13.2. The molecule has 0 aromatic heterocycles. The lowest BCUT2D eigenvalue weighted by Crippen LogP contribution is -2.11. The van der Waals surface area contributed by atoms with Crippen LogP contribution in [0.1, 0.15) is 128 Å². The van der Waals surface area contributed by atoms with Crippen molar-refractivity contribution < 1.29 is 25.9 Å². The van der Waals surface area contributed by atoms with Crippen molar-refractivity contribution in [3.05, 3.63) is 23.8 Å². The summed E-state index contributed by atoms with van der Waals surface area (Å²) in [6, 6.07) is 3.84. The fraction of sp³-hybridized carbons (Fsp3) is 0.769. The van der Waals surface area contributed by atoms with E-state index in [0.717, 1.165) is 25.3 Å². The Kier molecular flexibility index (Phi) is 16.0. The fourth-order valence-electron chi connectivity index (χ4n) is 4.47. The van der Waals surface area contributed by atoms with Crippen molar-refractivity contribution in [2.24, 2.45) is 0 Å². The minimum atomic E-state index is -4.76. The van der Waals surface area contributed by atoms with Gasteiger partial charge < -0.3 is 0 Å². The van der Waals surface area contributed by atoms with Gasteiger partial charge in [-0.05, 0) is 24.5 Å². The van der Waals surface area contributed by atoms with E-state index in [1.807, 2.05) is 0 Å². The van der Waals surface area contributed by atoms with Gasteiger partial charge in [0.25, 0.3) is 20.2 Å². The maximum absolute atomic E-state index is 11.7. The molecular weight excluding hydrogens is 472 g/mol. The van der Waals surface area contributed by atoms with Crippen LogP contribution in [0, 0.1) is 0 Å². The van der Waals surface area contributed by atoms with Crippen molar-refractivity contribution in [3.63, 3.8) is 0 Å². The van der Waals surface area contributed by atoms with E-state index in [4.69, 9.17) is 0 Å². The van der Waals surface area contributed by atoms with Gasteiger partial charge in [0.15, 0.2) is 0 Å². The van der Waals surface area contributed by atoms with Crippen LogP contribution in [-0.4, -0.2) is 25.9 Å². The van der Waals surface area contributed by atoms with Crippen molar-refractivity contribution in [2.45, 2.75) is 139 Å². The van der Waals surface area contributed by atoms with E-state index in [-0.39, 0.29) is 5.56 Å². The number of unbranched alkanes of at least 4 members (excludes halogenated alkanes) is 17. The zero-order chi connectivity index (χ0) is 25.3. The lowest BCUT2D eigenvalue weighted by Gasteiger charge is -2.10. The quantitative estimate of drug-likeness (QED) is 0.127. The van der Waals surface area contributed by atoms with Crippen molar-refractivity contribution in [3.8, 4) is 0 Å². The third-order valence-corrected chi connectivity index (χ3v) is 8.42. The second-order valence-electron chi connectivity index (χ2n) is 9.45. The fourth-order valence-corrected chi connectivity index (χ4v) is 6.54. The molecule has 0 aliphatic rings. The lowest BCUT2D eigenvalue weighted by molar-refractivity contribution is 0.464. The Morgan fingerprint density at radius 2 is 0.941 bits per heavy atom. The van der Waals surface area contributed by atoms with Gasteiger partial charge in [-0.15, -0.1) is 0 Å². The molecule has 0 amide bonds. The number of hydrogen-bond donors (Lipinski definition) is 2. The molecule has 0 radical (unpaired) electrons. The summed E-state index contributed by atoms with van der Waals surface area (Å²) in [6.07, 6.45) is 22.9. The smallest absolute Gasteiger partial charge is 0.282 e. The molecule has 1 rings (SSSR count). The second-order valence-corrected chi connectivity index (χ2v) is 12.2. The van der Waals surface area contributed by atoms with E-state index in [1.165, 1.54) is 102 Å². The Morgan fingerprint density at radius 1 is 0.559 bits per heavy atom. The van der Waals surface area contributed by atoms with Crippen molar-refractivity contribution >= 4 is 20.2 Å². The van der Waals surface area contributed by atoms with Gasteiger partial charge in [-0.1, -0.05) is 128 Å². The highest BCUT2D eigenvalue weighted by Gasteiger charge is 2.26. The maximum Gasteiger partial charge on any atom is 0.296 e. The van der Waals surface area contributed by atoms with Gasteiger partial charge in [0.1, 0.15) is 9.79 Å². The molecule has 8 heteroatoms. The van der Waals surface area contributed by atoms with E-state index in [0.29, 0.717) is 12.8 Å². The Bertz CT molecular complexity index is 879. The van der Waals surface area contributed by atoms with Gasteiger partial charge in [0.05, 0.1) is 0 Å². The molecule has 0 heterocycles. The summed E-state index contributed by atoms with van der Waals surface area (Å²) < 4.78 is 65.1. The average molecular weight is 519 g/mol. The predicted molar refractivity (Wildman–Crippen MR) is 139 cm³/mol. The third kappa shape index (κ3) is 13.8. The summed E-state index contributed by atoms with van der Waals surface area (Å²) in [7, 11) is -9.50. The first kappa shape index (κ1) is 31.1. The van der Waals surface area contributed by atoms with Gasteiger partial charge in [0.2, 0.25) is 0 Å². The monoisotopic (exact) mass is 518 g/mol. The van der Waals surface area contributed by atoms with Crippen LogP contribution in [0.2, 0.25) is 0 Å². The minimum Gasteiger partial charge on any atom is -0.282 e. The molecule has 0 fully saturated rings. The molecule has 0 aliphatic heterocycles. The molecule has 6 nitrogen and oxygen atoms in total. The third-order valence-electron chi connectivity index (χ3n) is 6.40. The van der Waals surface area contributed by atoms with E-state index >= 15 is 0 Å². The molecular formula is C26H46O6S2. The molecule has 0 saturated heterocycles. The van der Waals surface area contributed by atoms with Gasteiger partial charge >= 0.3 is 0 Å². The van der Waals surface area contributed by atoms with E-state index in [9.17, 15) is 25.9 Å². The molecule has 1 aromatic rings. The summed E-state index contributed by atoms with van der Waals surface area (Å²) in [5.74, 6) is 0. The number of benzene rings is 1. The number of rotatable bonds is 21. The molecule has 34 heavy (non-hydrogen) atoms. The minimum absolute atomic E-state index is 0.217. The van der Waals surface area contributed by atoms with Crippen LogP contribution in [0.4, 0.5) is 0 Å². The highest BCUT2D eigenvalue weighted by molar-refractivity contribution is 7.89. The van der Waals surface area contributed by atoms with Crippen LogP contribution >= 0.6 is 0 Å². The first-order chi connectivity index (χ1) is 16.2. The molecule has 198 valence electrons. The summed E-state index contributed by atoms with van der Waals surface area (Å²) in [4.78, 5) is -1.47. The Morgan fingerprint density at radius 3 is 1.29 bits per heavy atom. The molecule has 0 unspecified atom stereocenters. The zero-order valence-electron chi connectivity index (χ0n) is 21.0. The SMILES string of the molecule is CCCCCCCCCCCCCCCCCCCCc1cccc(S(=O)(=O)O)c1S(=O)(=O)O. The maximum atomic E-state index is 11.7. The predicted octanol–water partition coefficient (Wildman–Crippen LogP) is 7.76. The van der Waals surface area contributed by atoms with Gasteiger partial charge in [-0.3, -0.25) is 9.11 Å². The lowest BCUT2D eigenvalue weighted by atomic mass is 10.0. The highest BCUT2D eigenvalue weighted by atomic mass is 32.2. The normalized spacial score (nSPS) is 12.3. The first-order valence-corrected chi connectivity index (χ1v) is 16.1. The second kappa shape index (κ2) is 17.5. The Labute approximate surface area is 208 Å². The molecule has 1 aromatic carbocycles. The molecule has 2 N–H and O–H groups in total. The number of aryl methyl sites for hydroxylation is 1. The Balaban J connectivity index is 2.09. The topological polar surface area (TPSA) is 109 Å². The highest BCUT2D eigenvalue weighted by Crippen LogP contribution is 2.26. The molecule has 0 saturated carbocycles. The van der Waals surface area contributed by atoms with E-state index in [2.05, 4.69) is 6.92 Å². The Hall–Kier alpha value is -0.960. The van der Waals surface area contributed by atoms with E-state index < -0.39 is 30.0 Å². The molecule has 0 atom stereocenters. The average Bonchev–Trinajstić information content (AvgIpc) is 2.76. The van der Waals surface area contributed by atoms with Gasteiger partial charge in [0, 0.05) is 0 Å².